The monoisotopic (exact) mass is 1000 g/mol. The second kappa shape index (κ2) is 18.3. The van der Waals surface area contributed by atoms with Crippen LogP contribution in [-0.4, -0.2) is 96.3 Å². The van der Waals surface area contributed by atoms with Gasteiger partial charge in [0.25, 0.3) is 0 Å². The molecule has 0 aliphatic carbocycles. The lowest BCUT2D eigenvalue weighted by Crippen LogP contribution is -2.96. The van der Waals surface area contributed by atoms with Gasteiger partial charge in [-0.25, -0.2) is 0 Å². The third kappa shape index (κ3) is 15.9. The maximum atomic E-state index is 14.1. The molecule has 344 valence electrons. The van der Waals surface area contributed by atoms with Crippen LogP contribution in [-0.2, 0) is 4.12 Å². The topological polar surface area (TPSA) is 9.23 Å². The molecule has 0 amide bonds. The molecule has 0 fully saturated rings. The van der Waals surface area contributed by atoms with Crippen LogP contribution in [0.15, 0.2) is 0 Å². The zero-order valence-electron chi connectivity index (χ0n) is 34.7. The highest BCUT2D eigenvalue weighted by molar-refractivity contribution is 7.94. The highest BCUT2D eigenvalue weighted by atomic mass is 30.0. The Labute approximate surface area is 331 Å². The quantitative estimate of drug-likeness (QED) is 0.0872. The van der Waals surface area contributed by atoms with Gasteiger partial charge in [-0.2, -0.15) is 79.0 Å². The summed E-state index contributed by atoms with van der Waals surface area (Å²) in [5, 5.41) is 0. The van der Waals surface area contributed by atoms with E-state index in [0.717, 1.165) is 0 Å². The fourth-order valence-corrected chi connectivity index (χ4v) is 223. The van der Waals surface area contributed by atoms with Gasteiger partial charge >= 0.3 is 37.1 Å². The average molecular weight is 1000 g/mol. The van der Waals surface area contributed by atoms with Gasteiger partial charge in [0, 0.05) is 38.5 Å². The summed E-state index contributed by atoms with van der Waals surface area (Å²) >= 11 is 0. The molecular weight excluding hydrogens is 943 g/mol. The first-order valence-corrected chi connectivity index (χ1v) is 47.6. The summed E-state index contributed by atoms with van der Waals surface area (Å²) in [5.41, 5.74) is 0. The van der Waals surface area contributed by atoms with E-state index in [9.17, 15) is 79.0 Å². The van der Waals surface area contributed by atoms with Crippen LogP contribution in [0.2, 0.25) is 115 Å². The Kier molecular flexibility index (Phi) is 18.4. The predicted molar refractivity (Wildman–Crippen MR) is 210 cm³/mol. The molecule has 1 nitrogen and oxygen atoms in total. The van der Waals surface area contributed by atoms with Crippen LogP contribution >= 0.6 is 0 Å². The highest BCUT2D eigenvalue weighted by Gasteiger charge is 2.76. The van der Waals surface area contributed by atoms with Gasteiger partial charge in [0.1, 0.15) is 13.7 Å². The predicted octanol–water partition coefficient (Wildman–Crippen LogP) is 15.3. The van der Waals surface area contributed by atoms with Gasteiger partial charge in [-0.1, -0.05) is 78.6 Å². The molecule has 0 aromatic heterocycles. The molecule has 0 atom stereocenters. The van der Waals surface area contributed by atoms with Crippen molar-refractivity contribution in [2.45, 2.75) is 190 Å². The molecule has 0 aliphatic rings. The first-order chi connectivity index (χ1) is 24.4. The molecule has 0 N–H and O–H groups in total. The first-order valence-electron chi connectivity index (χ1n) is 18.6. The van der Waals surface area contributed by atoms with Crippen molar-refractivity contribution in [1.82, 2.24) is 0 Å². The van der Waals surface area contributed by atoms with Gasteiger partial charge in [-0.15, -0.1) is 0 Å². The molecule has 0 saturated carbocycles. The second-order valence-corrected chi connectivity index (χ2v) is 94.6. The maximum Gasteiger partial charge on any atom is 0.388 e. The Morgan fingerprint density at radius 1 is 0.246 bits per heavy atom. The van der Waals surface area contributed by atoms with Crippen LogP contribution in [0.3, 0.4) is 0 Å². The Hall–Kier alpha value is 0.435. The Bertz CT molecular complexity index is 1040. The van der Waals surface area contributed by atoms with Gasteiger partial charge in [-0.05, 0) is 36.3 Å². The Morgan fingerprint density at radius 2 is 0.351 bits per heavy atom. The van der Waals surface area contributed by atoms with Crippen molar-refractivity contribution in [3.05, 3.63) is 0 Å². The van der Waals surface area contributed by atoms with Crippen LogP contribution in [0.5, 0.6) is 0 Å². The van der Waals surface area contributed by atoms with E-state index >= 15 is 0 Å². The smallest absolute Gasteiger partial charge is 0.388 e. The van der Waals surface area contributed by atoms with Crippen molar-refractivity contribution in [3.8, 4) is 0 Å². The third-order valence-electron chi connectivity index (χ3n) is 12.2. The lowest BCUT2D eigenvalue weighted by molar-refractivity contribution is -0.131. The fourth-order valence-electron chi connectivity index (χ4n) is 10.3. The summed E-state index contributed by atoms with van der Waals surface area (Å²) in [6, 6.07) is -4.51. The van der Waals surface area contributed by atoms with Gasteiger partial charge in [-0.3, -0.25) is 0 Å². The largest absolute Gasteiger partial charge is 0.467 e. The van der Waals surface area contributed by atoms with E-state index in [2.05, 4.69) is 0 Å². The minimum absolute atomic E-state index is 0.752. The fraction of sp³-hybridized carbons (Fsp3) is 1.00. The van der Waals surface area contributed by atoms with Crippen LogP contribution in [0, 0.1) is 0 Å². The zero-order valence-corrected chi connectivity index (χ0v) is 42.7. The Balaban J connectivity index is 9.42. The summed E-state index contributed by atoms with van der Waals surface area (Å²) < 4.78 is 263. The molecule has 0 radical (unpaired) electrons. The van der Waals surface area contributed by atoms with Crippen LogP contribution < -0.4 is 0 Å². The van der Waals surface area contributed by atoms with Gasteiger partial charge in [0.15, 0.2) is 0 Å². The van der Waals surface area contributed by atoms with E-state index in [1.54, 1.807) is 0 Å². The van der Waals surface area contributed by atoms with E-state index in [4.69, 9.17) is 4.12 Å². The molecule has 27 heteroatoms. The van der Waals surface area contributed by atoms with Crippen molar-refractivity contribution in [2.24, 2.45) is 0 Å². The molecule has 0 aromatic rings. The molecule has 0 saturated heterocycles. The van der Waals surface area contributed by atoms with Crippen molar-refractivity contribution < 1.29 is 83.1 Å². The molecule has 0 rings (SSSR count). The number of hydrogen-bond acceptors (Lipinski definition) is 1. The minimum Gasteiger partial charge on any atom is -0.467 e. The average Bonchev–Trinajstić information content (AvgIpc) is 2.93. The highest BCUT2D eigenvalue weighted by Crippen LogP contribution is 2.54. The third-order valence-corrected chi connectivity index (χ3v) is 153. The molecule has 0 bridgehead atoms. The normalized spacial score (nSPS) is 16.1. The summed E-state index contributed by atoms with van der Waals surface area (Å²) in [4.78, 5) is 0. The standard InChI is InChI=1S/C30H60F18OSi8/c1-50(2,19-13-25(31,32)33)56(51(3,4)20-14-26(34,35)36,52(5,6)21-15-27(37,38)39)49-57(53(7,8)22-16-28(40,41)42,54(9,10)23-17-29(43,44)45)55(11,12)24-18-30(46,47)48/h13-24H2,1-12H3. The molecule has 0 unspecified atom stereocenters. The van der Waals surface area contributed by atoms with E-state index in [1.807, 2.05) is 0 Å². The summed E-state index contributed by atoms with van der Waals surface area (Å²) in [6.07, 6.45) is -38.4. The van der Waals surface area contributed by atoms with E-state index < -0.39 is 171 Å². The number of hydrogen-bond donors (Lipinski definition) is 0. The van der Waals surface area contributed by atoms with Gasteiger partial charge in [0.2, 0.25) is 0 Å². The molecule has 0 spiro atoms. The van der Waals surface area contributed by atoms with Crippen LogP contribution in [0.1, 0.15) is 38.5 Å². The lowest BCUT2D eigenvalue weighted by atomic mass is 10.5. The van der Waals surface area contributed by atoms with Crippen molar-refractivity contribution in [1.29, 1.82) is 0 Å². The Morgan fingerprint density at radius 3 is 0.439 bits per heavy atom. The van der Waals surface area contributed by atoms with Crippen LogP contribution in [0.4, 0.5) is 79.0 Å². The van der Waals surface area contributed by atoms with Crippen LogP contribution in [0.25, 0.3) is 0 Å². The molecule has 0 heterocycles. The first kappa shape index (κ1) is 57.4. The van der Waals surface area contributed by atoms with Gasteiger partial charge in [0.05, 0.1) is 45.5 Å². The van der Waals surface area contributed by atoms with E-state index in [1.165, 1.54) is 78.6 Å². The number of halogens is 18. The van der Waals surface area contributed by atoms with Crippen molar-refractivity contribution >= 4 is 59.3 Å². The summed E-state index contributed by atoms with van der Waals surface area (Å²) in [5.74, 6) is 0. The minimum atomic E-state index is -4.88. The number of rotatable bonds is 20. The molecule has 0 aromatic carbocycles. The van der Waals surface area contributed by atoms with E-state index in [0.29, 0.717) is 0 Å². The summed E-state index contributed by atoms with van der Waals surface area (Å²) in [6.45, 7) is 7.30. The summed E-state index contributed by atoms with van der Waals surface area (Å²) in [7, 11) is -24.4. The zero-order chi connectivity index (χ0) is 46.2. The number of alkyl halides is 18. The van der Waals surface area contributed by atoms with E-state index in [-0.39, 0.29) is 0 Å². The molecular formula is C30H60F18OSi8. The SMILES string of the molecule is C[Si](C)(CCC(F)(F)F)[Si](O[Si]([Si](C)(C)CCC(F)(F)F)([Si](C)(C)CCC(F)(F)F)[Si](C)(C)CCC(F)(F)F)([Si](C)(C)CCC(F)(F)F)[Si](C)(C)CCC(F)(F)F. The molecule has 57 heavy (non-hydrogen) atoms. The van der Waals surface area contributed by atoms with Gasteiger partial charge < -0.3 is 4.12 Å². The second-order valence-electron chi connectivity index (χ2n) is 19.5. The maximum absolute atomic E-state index is 14.1. The lowest BCUT2D eigenvalue weighted by Gasteiger charge is -2.69. The van der Waals surface area contributed by atoms with Crippen molar-refractivity contribution in [3.63, 3.8) is 0 Å². The molecule has 0 aliphatic heterocycles. The van der Waals surface area contributed by atoms with Crippen molar-refractivity contribution in [2.75, 3.05) is 0 Å².